The van der Waals surface area contributed by atoms with E-state index >= 15 is 0 Å². The Kier molecular flexibility index (Phi) is 2.47. The highest BCUT2D eigenvalue weighted by atomic mass is 16.1. The van der Waals surface area contributed by atoms with Crippen molar-refractivity contribution in [2.45, 2.75) is 12.8 Å². The summed E-state index contributed by atoms with van der Waals surface area (Å²) >= 11 is 0. The minimum Gasteiger partial charge on any atom is -0.312 e. The van der Waals surface area contributed by atoms with Crippen molar-refractivity contribution in [3.63, 3.8) is 0 Å². The van der Waals surface area contributed by atoms with Crippen molar-refractivity contribution in [2.75, 3.05) is 0 Å². The van der Waals surface area contributed by atoms with Gasteiger partial charge in [0.05, 0.1) is 5.68 Å². The third-order valence-corrected chi connectivity index (χ3v) is 1.73. The van der Waals surface area contributed by atoms with Crippen LogP contribution in [0, 0.1) is 0 Å². The summed E-state index contributed by atoms with van der Waals surface area (Å²) in [6, 6.07) is 9.51. The average Bonchev–Trinajstić information content (AvgIpc) is 2.05. The number of carbonyl (C=O) groups is 1. The van der Waals surface area contributed by atoms with Crippen molar-refractivity contribution < 1.29 is 4.79 Å². The van der Waals surface area contributed by atoms with Gasteiger partial charge in [-0.2, -0.15) is 0 Å². The molecule has 1 rings (SSSR count). The summed E-state index contributed by atoms with van der Waals surface area (Å²) in [5, 5.41) is 0. The Morgan fingerprint density at radius 2 is 1.91 bits per heavy atom. The highest BCUT2D eigenvalue weighted by molar-refractivity contribution is 6.58. The molecule has 1 aromatic carbocycles. The highest BCUT2D eigenvalue weighted by Crippen LogP contribution is 2.13. The monoisotopic (exact) mass is 144 g/mol. The molecule has 0 aliphatic rings. The van der Waals surface area contributed by atoms with Gasteiger partial charge >= 0.3 is 0 Å². The molecule has 1 atom stereocenters. The molecule has 0 N–H and O–H groups in total. The van der Waals surface area contributed by atoms with Crippen molar-refractivity contribution in [1.82, 2.24) is 0 Å². The summed E-state index contributed by atoms with van der Waals surface area (Å²) in [7, 11) is 5.13. The van der Waals surface area contributed by atoms with Gasteiger partial charge in [0.2, 0.25) is 0 Å². The Morgan fingerprint density at radius 3 is 2.36 bits per heavy atom. The Labute approximate surface area is 67.8 Å². The van der Waals surface area contributed by atoms with Gasteiger partial charge in [0.25, 0.3) is 0 Å². The van der Waals surface area contributed by atoms with Crippen LogP contribution >= 0.6 is 0 Å². The van der Waals surface area contributed by atoms with Gasteiger partial charge in [-0.1, -0.05) is 37.3 Å². The summed E-state index contributed by atoms with van der Waals surface area (Å²) in [4.78, 5) is 10.7. The first-order valence-electron chi connectivity index (χ1n) is 3.56. The van der Waals surface area contributed by atoms with Gasteiger partial charge in [-0.15, -0.1) is 0 Å². The Balaban J connectivity index is 2.85. The number of rotatable bonds is 2. The average molecular weight is 144 g/mol. The number of carbonyl (C=O) groups excluding carboxylic acids is 1. The Morgan fingerprint density at radius 1 is 1.36 bits per heavy atom. The van der Waals surface area contributed by atoms with E-state index in [2.05, 4.69) is 0 Å². The second-order valence-corrected chi connectivity index (χ2v) is 2.53. The standard InChI is InChI=1S/C9H9BO/c1-7(9(10)11)8-5-3-2-4-6-8/h2-7H,1H3. The van der Waals surface area contributed by atoms with Gasteiger partial charge in [0.1, 0.15) is 0 Å². The van der Waals surface area contributed by atoms with E-state index in [1.165, 1.54) is 0 Å². The van der Waals surface area contributed by atoms with Crippen molar-refractivity contribution >= 4 is 13.5 Å². The Bertz CT molecular complexity index is 243. The molecule has 2 heteroatoms. The van der Waals surface area contributed by atoms with Crippen molar-refractivity contribution in [1.29, 1.82) is 0 Å². The maximum atomic E-state index is 10.7. The quantitative estimate of drug-likeness (QED) is 0.574. The van der Waals surface area contributed by atoms with E-state index in [9.17, 15) is 4.79 Å². The molecular formula is C9H9BO. The summed E-state index contributed by atoms with van der Waals surface area (Å²) in [5.74, 6) is -0.184. The first kappa shape index (κ1) is 8.06. The molecule has 2 radical (unpaired) electrons. The topological polar surface area (TPSA) is 17.1 Å². The molecule has 0 aliphatic carbocycles. The number of hydrogen-bond acceptors (Lipinski definition) is 1. The highest BCUT2D eigenvalue weighted by Gasteiger charge is 2.07. The van der Waals surface area contributed by atoms with Gasteiger partial charge in [-0.3, -0.25) is 0 Å². The lowest BCUT2D eigenvalue weighted by Crippen LogP contribution is -2.07. The summed E-state index contributed by atoms with van der Waals surface area (Å²) in [6.07, 6.45) is 0. The molecule has 1 aromatic rings. The van der Waals surface area contributed by atoms with Crippen LogP contribution in [0.15, 0.2) is 30.3 Å². The molecule has 11 heavy (non-hydrogen) atoms. The third kappa shape index (κ3) is 1.94. The number of hydrogen-bond donors (Lipinski definition) is 0. The number of benzene rings is 1. The minimum atomic E-state index is -0.281. The van der Waals surface area contributed by atoms with Crippen LogP contribution in [0.25, 0.3) is 0 Å². The van der Waals surface area contributed by atoms with E-state index < -0.39 is 0 Å². The Hall–Kier alpha value is -1.05. The van der Waals surface area contributed by atoms with Crippen molar-refractivity contribution in [3.8, 4) is 0 Å². The largest absolute Gasteiger partial charge is 0.312 e. The molecule has 54 valence electrons. The maximum absolute atomic E-state index is 10.7. The predicted octanol–water partition coefficient (Wildman–Crippen LogP) is 1.49. The minimum absolute atomic E-state index is 0.184. The first-order valence-corrected chi connectivity index (χ1v) is 3.56. The summed E-state index contributed by atoms with van der Waals surface area (Å²) < 4.78 is 0. The molecule has 1 unspecified atom stereocenters. The fourth-order valence-corrected chi connectivity index (χ4v) is 0.906. The van der Waals surface area contributed by atoms with Gasteiger partial charge in [-0.25, -0.2) is 0 Å². The fourth-order valence-electron chi connectivity index (χ4n) is 0.906. The van der Waals surface area contributed by atoms with Crippen LogP contribution in [0.5, 0.6) is 0 Å². The lowest BCUT2D eigenvalue weighted by atomic mass is 9.86. The van der Waals surface area contributed by atoms with E-state index in [4.69, 9.17) is 7.85 Å². The van der Waals surface area contributed by atoms with Crippen LogP contribution in [0.1, 0.15) is 18.4 Å². The van der Waals surface area contributed by atoms with E-state index in [0.29, 0.717) is 0 Å². The lowest BCUT2D eigenvalue weighted by molar-refractivity contribution is -0.112. The normalized spacial score (nSPS) is 12.5. The van der Waals surface area contributed by atoms with E-state index in [1.54, 1.807) is 6.92 Å². The van der Waals surface area contributed by atoms with Crippen LogP contribution in [0.2, 0.25) is 0 Å². The molecule has 0 aromatic heterocycles. The van der Waals surface area contributed by atoms with Crippen molar-refractivity contribution in [3.05, 3.63) is 35.9 Å². The zero-order chi connectivity index (χ0) is 8.27. The molecule has 0 amide bonds. The third-order valence-electron chi connectivity index (χ3n) is 1.73. The zero-order valence-corrected chi connectivity index (χ0v) is 6.45. The molecule has 0 saturated heterocycles. The molecule has 0 fully saturated rings. The maximum Gasteiger partial charge on any atom is 0.168 e. The van der Waals surface area contributed by atoms with E-state index in [1.807, 2.05) is 30.3 Å². The summed E-state index contributed by atoms with van der Waals surface area (Å²) in [5.41, 5.74) is 0.691. The zero-order valence-electron chi connectivity index (χ0n) is 6.45. The predicted molar refractivity (Wildman–Crippen MR) is 45.6 cm³/mol. The van der Waals surface area contributed by atoms with Crippen LogP contribution in [0.4, 0.5) is 0 Å². The van der Waals surface area contributed by atoms with Gasteiger partial charge in [-0.05, 0) is 5.56 Å². The van der Waals surface area contributed by atoms with Gasteiger partial charge in [0, 0.05) is 5.92 Å². The van der Waals surface area contributed by atoms with E-state index in [0.717, 1.165) is 5.56 Å². The molecular weight excluding hydrogens is 135 g/mol. The van der Waals surface area contributed by atoms with Crippen LogP contribution in [-0.2, 0) is 4.79 Å². The molecule has 0 aliphatic heterocycles. The smallest absolute Gasteiger partial charge is 0.168 e. The second-order valence-electron chi connectivity index (χ2n) is 2.53. The molecule has 1 nitrogen and oxygen atoms in total. The molecule has 0 heterocycles. The fraction of sp³-hybridized carbons (Fsp3) is 0.222. The van der Waals surface area contributed by atoms with Crippen LogP contribution in [-0.4, -0.2) is 13.5 Å². The van der Waals surface area contributed by atoms with E-state index in [-0.39, 0.29) is 11.6 Å². The van der Waals surface area contributed by atoms with Crippen LogP contribution in [0.3, 0.4) is 0 Å². The molecule has 0 spiro atoms. The summed E-state index contributed by atoms with van der Waals surface area (Å²) in [6.45, 7) is 1.80. The van der Waals surface area contributed by atoms with Crippen molar-refractivity contribution in [2.24, 2.45) is 0 Å². The van der Waals surface area contributed by atoms with Gasteiger partial charge < -0.3 is 4.79 Å². The van der Waals surface area contributed by atoms with Crippen LogP contribution < -0.4 is 0 Å². The molecule has 0 bridgehead atoms. The first-order chi connectivity index (χ1) is 5.22. The SMILES string of the molecule is [B]C(=O)C(C)c1ccccc1. The molecule has 0 saturated carbocycles. The second kappa shape index (κ2) is 3.38. The lowest BCUT2D eigenvalue weighted by Gasteiger charge is -2.06. The van der Waals surface area contributed by atoms with Gasteiger partial charge in [0.15, 0.2) is 7.85 Å².